The molecule has 1 atom stereocenters. The van der Waals surface area contributed by atoms with Crippen molar-refractivity contribution < 1.29 is 4.79 Å². The van der Waals surface area contributed by atoms with Crippen LogP contribution in [0.25, 0.3) is 0 Å². The Morgan fingerprint density at radius 2 is 2.23 bits per heavy atom. The van der Waals surface area contributed by atoms with E-state index in [1.54, 1.807) is 0 Å². The topological polar surface area (TPSA) is 46.3 Å². The number of hydrogen-bond acceptors (Lipinski definition) is 2. The molecule has 2 N–H and O–H groups in total. The van der Waals surface area contributed by atoms with Gasteiger partial charge in [-0.3, -0.25) is 4.79 Å². The van der Waals surface area contributed by atoms with E-state index in [0.717, 1.165) is 19.5 Å². The molecule has 0 aliphatic carbocycles. The second-order valence-electron chi connectivity index (χ2n) is 4.90. The molecule has 1 unspecified atom stereocenters. The van der Waals surface area contributed by atoms with Gasteiger partial charge in [0.25, 0.3) is 0 Å². The summed E-state index contributed by atoms with van der Waals surface area (Å²) in [4.78, 5) is 13.6. The van der Waals surface area contributed by atoms with E-state index < -0.39 is 0 Å². The van der Waals surface area contributed by atoms with Crippen molar-refractivity contribution in [1.29, 1.82) is 0 Å². The van der Waals surface area contributed by atoms with Crippen molar-refractivity contribution in [2.24, 2.45) is 11.7 Å². The number of rotatable bonds is 2. The van der Waals surface area contributed by atoms with Crippen LogP contribution >= 0.6 is 0 Å². The first kappa shape index (κ1) is 10.5. The minimum atomic E-state index is -0.372. The van der Waals surface area contributed by atoms with Crippen molar-refractivity contribution in [2.45, 2.75) is 39.2 Å². The average molecular weight is 184 g/mol. The molecular weight excluding hydrogens is 164 g/mol. The van der Waals surface area contributed by atoms with Crippen LogP contribution in [0.4, 0.5) is 0 Å². The fraction of sp³-hybridized carbons (Fsp3) is 0.900. The molecule has 76 valence electrons. The van der Waals surface area contributed by atoms with E-state index in [-0.39, 0.29) is 11.4 Å². The molecular formula is C10H20N2O. The lowest BCUT2D eigenvalue weighted by molar-refractivity contribution is -0.131. The molecule has 1 aliphatic rings. The third kappa shape index (κ3) is 3.35. The quantitative estimate of drug-likeness (QED) is 0.695. The minimum absolute atomic E-state index is 0.205. The predicted octanol–water partition coefficient (Wildman–Crippen LogP) is 0.982. The van der Waals surface area contributed by atoms with Crippen LogP contribution in [0, 0.1) is 5.92 Å². The number of likely N-dealkylation sites (tertiary alicyclic amines) is 1. The third-order valence-corrected chi connectivity index (χ3v) is 2.38. The fourth-order valence-electron chi connectivity index (χ4n) is 1.66. The van der Waals surface area contributed by atoms with Gasteiger partial charge in [0.15, 0.2) is 0 Å². The van der Waals surface area contributed by atoms with Crippen molar-refractivity contribution in [3.8, 4) is 0 Å². The first-order chi connectivity index (χ1) is 5.88. The summed E-state index contributed by atoms with van der Waals surface area (Å²) in [6, 6.07) is 0. The van der Waals surface area contributed by atoms with E-state index in [1.165, 1.54) is 0 Å². The lowest BCUT2D eigenvalue weighted by Gasteiger charge is -2.22. The molecule has 0 radical (unpaired) electrons. The van der Waals surface area contributed by atoms with E-state index in [1.807, 2.05) is 18.7 Å². The van der Waals surface area contributed by atoms with E-state index in [4.69, 9.17) is 5.73 Å². The SMILES string of the molecule is CC1CCN(C(=O)CC(C)(C)N)C1. The number of nitrogens with two attached hydrogens (primary N) is 1. The Balaban J connectivity index is 2.41. The smallest absolute Gasteiger partial charge is 0.224 e. The zero-order chi connectivity index (χ0) is 10.1. The Morgan fingerprint density at radius 1 is 1.62 bits per heavy atom. The van der Waals surface area contributed by atoms with Gasteiger partial charge in [0, 0.05) is 25.0 Å². The third-order valence-electron chi connectivity index (χ3n) is 2.38. The fourth-order valence-corrected chi connectivity index (χ4v) is 1.66. The number of nitrogens with zero attached hydrogens (tertiary/aromatic N) is 1. The van der Waals surface area contributed by atoms with Crippen molar-refractivity contribution in [2.75, 3.05) is 13.1 Å². The van der Waals surface area contributed by atoms with Crippen molar-refractivity contribution in [3.63, 3.8) is 0 Å². The molecule has 1 heterocycles. The van der Waals surface area contributed by atoms with Gasteiger partial charge in [0.2, 0.25) is 5.91 Å². The standard InChI is InChI=1S/C10H20N2O/c1-8-4-5-12(7-8)9(13)6-10(2,3)11/h8H,4-7,11H2,1-3H3. The van der Waals surface area contributed by atoms with Gasteiger partial charge in [0.1, 0.15) is 0 Å². The Labute approximate surface area is 80.3 Å². The molecule has 1 fully saturated rings. The monoisotopic (exact) mass is 184 g/mol. The summed E-state index contributed by atoms with van der Waals surface area (Å²) >= 11 is 0. The molecule has 1 saturated heterocycles. The van der Waals surface area contributed by atoms with Crippen LogP contribution in [0.15, 0.2) is 0 Å². The van der Waals surface area contributed by atoms with Gasteiger partial charge in [-0.05, 0) is 26.2 Å². The molecule has 1 aliphatic heterocycles. The first-order valence-corrected chi connectivity index (χ1v) is 4.95. The van der Waals surface area contributed by atoms with E-state index >= 15 is 0 Å². The molecule has 0 aromatic rings. The number of hydrogen-bond donors (Lipinski definition) is 1. The molecule has 0 aromatic carbocycles. The molecule has 0 bridgehead atoms. The second kappa shape index (κ2) is 3.66. The average Bonchev–Trinajstić information content (AvgIpc) is 2.31. The van der Waals surface area contributed by atoms with Gasteiger partial charge >= 0.3 is 0 Å². The maximum Gasteiger partial charge on any atom is 0.224 e. The van der Waals surface area contributed by atoms with Crippen LogP contribution in [-0.2, 0) is 4.79 Å². The molecule has 3 nitrogen and oxygen atoms in total. The van der Waals surface area contributed by atoms with Gasteiger partial charge in [-0.2, -0.15) is 0 Å². The maximum atomic E-state index is 11.7. The lowest BCUT2D eigenvalue weighted by atomic mass is 10.0. The highest BCUT2D eigenvalue weighted by molar-refractivity contribution is 5.77. The van der Waals surface area contributed by atoms with Crippen molar-refractivity contribution in [3.05, 3.63) is 0 Å². The molecule has 0 spiro atoms. The summed E-state index contributed by atoms with van der Waals surface area (Å²) in [6.07, 6.45) is 1.59. The molecule has 1 amide bonds. The number of amides is 1. The second-order valence-corrected chi connectivity index (χ2v) is 4.90. The Hall–Kier alpha value is -0.570. The molecule has 13 heavy (non-hydrogen) atoms. The molecule has 1 rings (SSSR count). The molecule has 0 saturated carbocycles. The summed E-state index contributed by atoms with van der Waals surface area (Å²) in [5.41, 5.74) is 5.42. The highest BCUT2D eigenvalue weighted by Gasteiger charge is 2.26. The first-order valence-electron chi connectivity index (χ1n) is 4.95. The largest absolute Gasteiger partial charge is 0.342 e. The van der Waals surface area contributed by atoms with Crippen LogP contribution in [0.3, 0.4) is 0 Å². The Kier molecular flexibility index (Phi) is 2.96. The zero-order valence-electron chi connectivity index (χ0n) is 8.84. The lowest BCUT2D eigenvalue weighted by Crippen LogP contribution is -2.40. The van der Waals surface area contributed by atoms with E-state index in [2.05, 4.69) is 6.92 Å². The van der Waals surface area contributed by atoms with Gasteiger partial charge in [0.05, 0.1) is 0 Å². The normalized spacial score (nSPS) is 23.7. The van der Waals surface area contributed by atoms with Crippen LogP contribution in [-0.4, -0.2) is 29.4 Å². The molecule has 3 heteroatoms. The zero-order valence-corrected chi connectivity index (χ0v) is 8.84. The Bertz CT molecular complexity index is 196. The summed E-state index contributed by atoms with van der Waals surface area (Å²) in [7, 11) is 0. The van der Waals surface area contributed by atoms with Gasteiger partial charge in [-0.25, -0.2) is 0 Å². The summed E-state index contributed by atoms with van der Waals surface area (Å²) in [5, 5.41) is 0. The maximum absolute atomic E-state index is 11.7. The minimum Gasteiger partial charge on any atom is -0.342 e. The summed E-state index contributed by atoms with van der Waals surface area (Å²) < 4.78 is 0. The molecule has 0 aromatic heterocycles. The summed E-state index contributed by atoms with van der Waals surface area (Å²) in [6.45, 7) is 7.79. The Morgan fingerprint density at radius 3 is 2.62 bits per heavy atom. The number of carbonyl (C=O) groups excluding carboxylic acids is 1. The van der Waals surface area contributed by atoms with Crippen LogP contribution in [0.2, 0.25) is 0 Å². The van der Waals surface area contributed by atoms with Gasteiger partial charge < -0.3 is 10.6 Å². The van der Waals surface area contributed by atoms with Crippen LogP contribution < -0.4 is 5.73 Å². The van der Waals surface area contributed by atoms with E-state index in [0.29, 0.717) is 12.3 Å². The van der Waals surface area contributed by atoms with Gasteiger partial charge in [-0.15, -0.1) is 0 Å². The highest BCUT2D eigenvalue weighted by atomic mass is 16.2. The highest BCUT2D eigenvalue weighted by Crippen LogP contribution is 2.17. The van der Waals surface area contributed by atoms with Crippen molar-refractivity contribution >= 4 is 5.91 Å². The van der Waals surface area contributed by atoms with Crippen LogP contribution in [0.5, 0.6) is 0 Å². The number of carbonyl (C=O) groups is 1. The van der Waals surface area contributed by atoms with Gasteiger partial charge in [-0.1, -0.05) is 6.92 Å². The summed E-state index contributed by atoms with van der Waals surface area (Å²) in [5.74, 6) is 0.863. The van der Waals surface area contributed by atoms with Crippen LogP contribution in [0.1, 0.15) is 33.6 Å². The van der Waals surface area contributed by atoms with E-state index in [9.17, 15) is 4.79 Å². The predicted molar refractivity (Wildman–Crippen MR) is 53.2 cm³/mol. The van der Waals surface area contributed by atoms with Crippen molar-refractivity contribution in [1.82, 2.24) is 4.90 Å².